The maximum Gasteiger partial charge on any atom is 0.260 e. The van der Waals surface area contributed by atoms with Crippen molar-refractivity contribution in [3.05, 3.63) is 53.4 Å². The summed E-state index contributed by atoms with van der Waals surface area (Å²) in [5.74, 6) is 2.41. The van der Waals surface area contributed by atoms with E-state index in [4.69, 9.17) is 18.7 Å². The predicted octanol–water partition coefficient (Wildman–Crippen LogP) is 3.41. The molecule has 0 aliphatic carbocycles. The number of methoxy groups -OCH3 is 2. The first-order valence-corrected chi connectivity index (χ1v) is 9.41. The Morgan fingerprint density at radius 3 is 2.63 bits per heavy atom. The molecule has 0 N–H and O–H groups in total. The molecule has 3 rings (SSSR count). The molecule has 0 bridgehead atoms. The summed E-state index contributed by atoms with van der Waals surface area (Å²) in [7, 11) is 4.80. The van der Waals surface area contributed by atoms with Crippen molar-refractivity contribution < 1.29 is 23.5 Å². The minimum absolute atomic E-state index is 0.0753. The summed E-state index contributed by atoms with van der Waals surface area (Å²) >= 11 is 0. The second kappa shape index (κ2) is 9.30. The zero-order valence-electron chi connectivity index (χ0n) is 17.8. The van der Waals surface area contributed by atoms with E-state index in [-0.39, 0.29) is 19.1 Å². The summed E-state index contributed by atoms with van der Waals surface area (Å²) in [5.41, 5.74) is 2.80. The summed E-state index contributed by atoms with van der Waals surface area (Å²) in [6.07, 6.45) is 0. The molecule has 2 aromatic carbocycles. The van der Waals surface area contributed by atoms with Crippen LogP contribution < -0.4 is 14.2 Å². The van der Waals surface area contributed by atoms with E-state index in [9.17, 15) is 4.79 Å². The third-order valence-corrected chi connectivity index (χ3v) is 4.82. The van der Waals surface area contributed by atoms with Gasteiger partial charge in [-0.05, 0) is 43.2 Å². The third kappa shape index (κ3) is 4.71. The monoisotopic (exact) mass is 411 g/mol. The van der Waals surface area contributed by atoms with Gasteiger partial charge in [-0.1, -0.05) is 17.3 Å². The van der Waals surface area contributed by atoms with Gasteiger partial charge in [0.25, 0.3) is 5.91 Å². The van der Waals surface area contributed by atoms with E-state index in [1.807, 2.05) is 32.0 Å². The van der Waals surface area contributed by atoms with Crippen LogP contribution in [0.4, 0.5) is 0 Å². The Labute approximate surface area is 175 Å². The molecule has 1 heterocycles. The van der Waals surface area contributed by atoms with Crippen molar-refractivity contribution in [2.24, 2.45) is 0 Å². The molecule has 30 heavy (non-hydrogen) atoms. The molecule has 0 aliphatic rings. The van der Waals surface area contributed by atoms with Gasteiger partial charge in [0.2, 0.25) is 11.7 Å². The van der Waals surface area contributed by atoms with Crippen LogP contribution in [0, 0.1) is 13.8 Å². The number of rotatable bonds is 8. The lowest BCUT2D eigenvalue weighted by molar-refractivity contribution is -0.132. The molecule has 1 amide bonds. The maximum atomic E-state index is 12.4. The Hall–Kier alpha value is -3.55. The average Bonchev–Trinajstić information content (AvgIpc) is 3.22. The Morgan fingerprint density at radius 1 is 1.10 bits per heavy atom. The normalized spacial score (nSPS) is 10.6. The number of amides is 1. The molecule has 0 spiro atoms. The quantitative estimate of drug-likeness (QED) is 0.561. The maximum absolute atomic E-state index is 12.4. The Bertz CT molecular complexity index is 1030. The van der Waals surface area contributed by atoms with Gasteiger partial charge in [-0.2, -0.15) is 4.98 Å². The van der Waals surface area contributed by atoms with Crippen molar-refractivity contribution >= 4 is 5.91 Å². The van der Waals surface area contributed by atoms with Crippen molar-refractivity contribution in [1.29, 1.82) is 0 Å². The molecule has 158 valence electrons. The van der Waals surface area contributed by atoms with Gasteiger partial charge in [-0.15, -0.1) is 0 Å². The third-order valence-electron chi connectivity index (χ3n) is 4.82. The number of ether oxygens (including phenoxy) is 3. The second-order valence-corrected chi connectivity index (χ2v) is 6.81. The number of nitrogens with zero attached hydrogens (tertiary/aromatic N) is 3. The number of likely N-dealkylation sites (N-methyl/N-ethyl adjacent to an activating group) is 1. The van der Waals surface area contributed by atoms with Gasteiger partial charge in [0.15, 0.2) is 6.61 Å². The van der Waals surface area contributed by atoms with E-state index in [0.717, 1.165) is 11.1 Å². The Morgan fingerprint density at radius 2 is 1.90 bits per heavy atom. The summed E-state index contributed by atoms with van der Waals surface area (Å²) in [5, 5.41) is 4.00. The second-order valence-electron chi connectivity index (χ2n) is 6.81. The van der Waals surface area contributed by atoms with Crippen LogP contribution in [0.25, 0.3) is 11.4 Å². The molecule has 0 atom stereocenters. The highest BCUT2D eigenvalue weighted by molar-refractivity contribution is 5.77. The molecule has 0 unspecified atom stereocenters. The number of hydrogen-bond donors (Lipinski definition) is 0. The molecular weight excluding hydrogens is 386 g/mol. The van der Waals surface area contributed by atoms with Crippen LogP contribution >= 0.6 is 0 Å². The van der Waals surface area contributed by atoms with Crippen LogP contribution in [-0.4, -0.2) is 48.8 Å². The molecule has 3 aromatic rings. The Kier molecular flexibility index (Phi) is 6.56. The summed E-state index contributed by atoms with van der Waals surface area (Å²) in [4.78, 5) is 18.3. The minimum Gasteiger partial charge on any atom is -0.497 e. The van der Waals surface area contributed by atoms with E-state index in [1.54, 1.807) is 39.5 Å². The van der Waals surface area contributed by atoms with E-state index >= 15 is 0 Å². The standard InChI is InChI=1S/C22H25N3O5/c1-14-7-6-8-18(15(14)2)29-13-21(26)25(3)12-20-23-22(24-30-20)17-10-9-16(27-4)11-19(17)28-5/h6-11H,12-13H2,1-5H3. The van der Waals surface area contributed by atoms with E-state index < -0.39 is 0 Å². The van der Waals surface area contributed by atoms with Crippen LogP contribution in [0.3, 0.4) is 0 Å². The molecule has 0 radical (unpaired) electrons. The molecule has 1 aromatic heterocycles. The lowest BCUT2D eigenvalue weighted by atomic mass is 10.1. The molecule has 8 heteroatoms. The first-order chi connectivity index (χ1) is 14.4. The molecule has 0 saturated carbocycles. The number of carbonyl (C=O) groups excluding carboxylic acids is 1. The zero-order chi connectivity index (χ0) is 21.7. The van der Waals surface area contributed by atoms with Gasteiger partial charge in [0.05, 0.1) is 26.3 Å². The summed E-state index contributed by atoms with van der Waals surface area (Å²) in [6.45, 7) is 4.06. The minimum atomic E-state index is -0.197. The van der Waals surface area contributed by atoms with E-state index in [0.29, 0.717) is 34.5 Å². The van der Waals surface area contributed by atoms with Crippen LogP contribution in [0.15, 0.2) is 40.9 Å². The van der Waals surface area contributed by atoms with Gasteiger partial charge in [-0.25, -0.2) is 0 Å². The van der Waals surface area contributed by atoms with Crippen molar-refractivity contribution in [1.82, 2.24) is 15.0 Å². The number of aromatic nitrogens is 2. The lowest BCUT2D eigenvalue weighted by Gasteiger charge is -2.16. The smallest absolute Gasteiger partial charge is 0.260 e. The Balaban J connectivity index is 1.64. The lowest BCUT2D eigenvalue weighted by Crippen LogP contribution is -2.31. The van der Waals surface area contributed by atoms with Gasteiger partial charge >= 0.3 is 0 Å². The van der Waals surface area contributed by atoms with Gasteiger partial charge in [0.1, 0.15) is 17.2 Å². The van der Waals surface area contributed by atoms with Crippen LogP contribution in [-0.2, 0) is 11.3 Å². The average molecular weight is 411 g/mol. The highest BCUT2D eigenvalue weighted by Gasteiger charge is 2.18. The topological polar surface area (TPSA) is 86.9 Å². The largest absolute Gasteiger partial charge is 0.497 e. The SMILES string of the molecule is COc1ccc(-c2noc(CN(C)C(=O)COc3cccc(C)c3C)n2)c(OC)c1. The highest BCUT2D eigenvalue weighted by atomic mass is 16.5. The van der Waals surface area contributed by atoms with Gasteiger partial charge in [-0.3, -0.25) is 4.79 Å². The summed E-state index contributed by atoms with van der Waals surface area (Å²) < 4.78 is 21.6. The van der Waals surface area contributed by atoms with Crippen molar-refractivity contribution in [2.75, 3.05) is 27.9 Å². The van der Waals surface area contributed by atoms with Crippen LogP contribution in [0.2, 0.25) is 0 Å². The fourth-order valence-electron chi connectivity index (χ4n) is 2.83. The molecule has 0 saturated heterocycles. The fraction of sp³-hybridized carbons (Fsp3) is 0.318. The number of carbonyl (C=O) groups is 1. The molecule has 8 nitrogen and oxygen atoms in total. The van der Waals surface area contributed by atoms with E-state index in [1.165, 1.54) is 4.90 Å². The van der Waals surface area contributed by atoms with Crippen molar-refractivity contribution in [2.45, 2.75) is 20.4 Å². The number of hydrogen-bond acceptors (Lipinski definition) is 7. The van der Waals surface area contributed by atoms with E-state index in [2.05, 4.69) is 10.1 Å². The number of benzene rings is 2. The highest BCUT2D eigenvalue weighted by Crippen LogP contribution is 2.31. The fourth-order valence-corrected chi connectivity index (χ4v) is 2.83. The summed E-state index contributed by atoms with van der Waals surface area (Å²) in [6, 6.07) is 11.1. The van der Waals surface area contributed by atoms with Gasteiger partial charge < -0.3 is 23.6 Å². The van der Waals surface area contributed by atoms with Crippen molar-refractivity contribution in [3.63, 3.8) is 0 Å². The van der Waals surface area contributed by atoms with Gasteiger partial charge in [0, 0.05) is 13.1 Å². The first-order valence-electron chi connectivity index (χ1n) is 9.41. The number of aryl methyl sites for hydroxylation is 1. The van der Waals surface area contributed by atoms with Crippen molar-refractivity contribution in [3.8, 4) is 28.6 Å². The predicted molar refractivity (Wildman–Crippen MR) is 111 cm³/mol. The van der Waals surface area contributed by atoms with Crippen LogP contribution in [0.5, 0.6) is 17.2 Å². The first kappa shape index (κ1) is 21.2. The molecule has 0 aliphatic heterocycles. The molecule has 0 fully saturated rings. The molecular formula is C22H25N3O5. The van der Waals surface area contributed by atoms with Crippen LogP contribution in [0.1, 0.15) is 17.0 Å². The zero-order valence-corrected chi connectivity index (χ0v) is 17.8.